The zero-order chi connectivity index (χ0) is 15.1. The van der Waals surface area contributed by atoms with E-state index < -0.39 is 5.91 Å². The fraction of sp³-hybridized carbons (Fsp3) is 0.312. The monoisotopic (exact) mass is 324 g/mol. The van der Waals surface area contributed by atoms with Gasteiger partial charge < -0.3 is 20.5 Å². The Morgan fingerprint density at radius 2 is 2.00 bits per heavy atom. The van der Waals surface area contributed by atoms with Crippen molar-refractivity contribution in [2.45, 2.75) is 6.54 Å². The number of carbonyl (C=O) groups is 1. The number of nitrogens with two attached hydrogens (primary N) is 1. The molecule has 2 aromatic rings. The number of carbonyl (C=O) groups excluding carboxylic acids is 1. The summed E-state index contributed by atoms with van der Waals surface area (Å²) >= 11 is 0. The first-order valence-corrected chi connectivity index (χ1v) is 6.83. The zero-order valence-electron chi connectivity index (χ0n) is 12.5. The van der Waals surface area contributed by atoms with Gasteiger partial charge in [0.05, 0.1) is 6.61 Å². The highest BCUT2D eigenvalue weighted by Crippen LogP contribution is 2.28. The fourth-order valence-electron chi connectivity index (χ4n) is 2.17. The molecule has 6 heteroatoms. The van der Waals surface area contributed by atoms with Gasteiger partial charge in [-0.1, -0.05) is 30.3 Å². The van der Waals surface area contributed by atoms with E-state index in [4.69, 9.17) is 15.2 Å². The lowest BCUT2D eigenvalue weighted by atomic mass is 10.0. The van der Waals surface area contributed by atoms with E-state index in [1.165, 1.54) is 0 Å². The molecular weight excluding hydrogens is 304 g/mol. The molecule has 120 valence electrons. The molecule has 2 rings (SSSR count). The summed E-state index contributed by atoms with van der Waals surface area (Å²) in [6.45, 7) is 1.90. The largest absolute Gasteiger partial charge is 0.483 e. The summed E-state index contributed by atoms with van der Waals surface area (Å²) in [5, 5.41) is 5.53. The Morgan fingerprint density at radius 1 is 1.23 bits per heavy atom. The summed E-state index contributed by atoms with van der Waals surface area (Å²) in [6, 6.07) is 11.9. The number of halogens is 1. The molecule has 0 saturated heterocycles. The standard InChI is InChI=1S/C16H20N2O3.ClH/c1-20-9-8-18-10-14-13-5-3-2-4-12(13)6-7-15(14)21-11-16(17)19;/h2-7,18H,8-11H2,1H3,(H2,17,19);1H. The van der Waals surface area contributed by atoms with E-state index in [0.717, 1.165) is 22.9 Å². The number of methoxy groups -OCH3 is 1. The molecule has 0 aliphatic carbocycles. The Hall–Kier alpha value is -1.82. The minimum absolute atomic E-state index is 0. The molecule has 0 saturated carbocycles. The summed E-state index contributed by atoms with van der Waals surface area (Å²) in [5.41, 5.74) is 6.17. The molecule has 0 spiro atoms. The second-order valence-corrected chi connectivity index (χ2v) is 4.69. The Bertz CT molecular complexity index is 619. The van der Waals surface area contributed by atoms with Crippen LogP contribution < -0.4 is 15.8 Å². The van der Waals surface area contributed by atoms with Crippen LogP contribution in [0.5, 0.6) is 5.75 Å². The normalized spacial score (nSPS) is 10.2. The van der Waals surface area contributed by atoms with Crippen LogP contribution in [0.1, 0.15) is 5.56 Å². The molecule has 0 aliphatic rings. The van der Waals surface area contributed by atoms with E-state index in [-0.39, 0.29) is 19.0 Å². The maximum absolute atomic E-state index is 10.9. The number of fused-ring (bicyclic) bond motifs is 1. The van der Waals surface area contributed by atoms with Crippen molar-refractivity contribution in [1.82, 2.24) is 5.32 Å². The summed E-state index contributed by atoms with van der Waals surface area (Å²) in [4.78, 5) is 10.9. The second kappa shape index (κ2) is 9.25. The Labute approximate surface area is 136 Å². The molecule has 3 N–H and O–H groups in total. The van der Waals surface area contributed by atoms with Gasteiger partial charge in [0.25, 0.3) is 5.91 Å². The smallest absolute Gasteiger partial charge is 0.255 e. The van der Waals surface area contributed by atoms with Gasteiger partial charge in [0.15, 0.2) is 6.61 Å². The van der Waals surface area contributed by atoms with Gasteiger partial charge in [-0.25, -0.2) is 0 Å². The van der Waals surface area contributed by atoms with Gasteiger partial charge in [-0.3, -0.25) is 4.79 Å². The molecule has 0 fully saturated rings. The van der Waals surface area contributed by atoms with E-state index in [1.807, 2.05) is 36.4 Å². The topological polar surface area (TPSA) is 73.6 Å². The van der Waals surface area contributed by atoms with Crippen LogP contribution in [0, 0.1) is 0 Å². The molecule has 1 amide bonds. The van der Waals surface area contributed by atoms with Gasteiger partial charge in [0.1, 0.15) is 5.75 Å². The number of rotatable bonds is 8. The van der Waals surface area contributed by atoms with Crippen LogP contribution >= 0.6 is 12.4 Å². The minimum atomic E-state index is -0.485. The number of ether oxygens (including phenoxy) is 2. The first kappa shape index (κ1) is 18.2. The van der Waals surface area contributed by atoms with Crippen molar-refractivity contribution < 1.29 is 14.3 Å². The maximum Gasteiger partial charge on any atom is 0.255 e. The Morgan fingerprint density at radius 3 is 2.73 bits per heavy atom. The first-order valence-electron chi connectivity index (χ1n) is 6.83. The van der Waals surface area contributed by atoms with Crippen LogP contribution in [0.25, 0.3) is 10.8 Å². The third kappa shape index (κ3) is 4.87. The highest BCUT2D eigenvalue weighted by atomic mass is 35.5. The predicted octanol–water partition coefficient (Wildman–Crippen LogP) is 1.86. The third-order valence-corrected chi connectivity index (χ3v) is 3.15. The molecule has 0 unspecified atom stereocenters. The van der Waals surface area contributed by atoms with Crippen LogP contribution in [-0.2, 0) is 16.1 Å². The lowest BCUT2D eigenvalue weighted by Crippen LogP contribution is -2.22. The number of amides is 1. The first-order chi connectivity index (χ1) is 10.2. The fourth-order valence-corrected chi connectivity index (χ4v) is 2.17. The molecule has 2 aromatic carbocycles. The van der Waals surface area contributed by atoms with E-state index in [2.05, 4.69) is 5.32 Å². The van der Waals surface area contributed by atoms with Crippen LogP contribution in [0.2, 0.25) is 0 Å². The molecule has 0 radical (unpaired) electrons. The molecule has 0 aliphatic heterocycles. The molecule has 22 heavy (non-hydrogen) atoms. The van der Waals surface area contributed by atoms with Crippen LogP contribution in [0.15, 0.2) is 36.4 Å². The van der Waals surface area contributed by atoms with Crippen molar-refractivity contribution in [3.63, 3.8) is 0 Å². The number of nitrogens with one attached hydrogen (secondary N) is 1. The summed E-state index contributed by atoms with van der Waals surface area (Å²) in [5.74, 6) is 0.193. The van der Waals surface area contributed by atoms with Crippen molar-refractivity contribution in [3.05, 3.63) is 42.0 Å². The van der Waals surface area contributed by atoms with Gasteiger partial charge >= 0.3 is 0 Å². The lowest BCUT2D eigenvalue weighted by Gasteiger charge is -2.14. The zero-order valence-corrected chi connectivity index (χ0v) is 13.3. The SMILES string of the molecule is COCCNCc1c(OCC(N)=O)ccc2ccccc12.Cl. The summed E-state index contributed by atoms with van der Waals surface area (Å²) < 4.78 is 10.5. The quantitative estimate of drug-likeness (QED) is 0.727. The van der Waals surface area contributed by atoms with Gasteiger partial charge in [0.2, 0.25) is 0 Å². The van der Waals surface area contributed by atoms with Gasteiger partial charge in [-0.05, 0) is 16.8 Å². The predicted molar refractivity (Wildman–Crippen MR) is 89.5 cm³/mol. The average Bonchev–Trinajstić information content (AvgIpc) is 2.50. The van der Waals surface area contributed by atoms with Gasteiger partial charge in [-0.15, -0.1) is 12.4 Å². The molecule has 0 heterocycles. The van der Waals surface area contributed by atoms with E-state index in [9.17, 15) is 4.79 Å². The molecule has 0 aromatic heterocycles. The number of primary amides is 1. The third-order valence-electron chi connectivity index (χ3n) is 3.15. The number of hydrogen-bond donors (Lipinski definition) is 2. The summed E-state index contributed by atoms with van der Waals surface area (Å²) in [6.07, 6.45) is 0. The van der Waals surface area contributed by atoms with Gasteiger partial charge in [0, 0.05) is 25.8 Å². The van der Waals surface area contributed by atoms with Crippen molar-refractivity contribution >= 4 is 29.1 Å². The second-order valence-electron chi connectivity index (χ2n) is 4.69. The Balaban J connectivity index is 0.00000242. The molecule has 0 bridgehead atoms. The lowest BCUT2D eigenvalue weighted by molar-refractivity contribution is -0.119. The molecule has 0 atom stereocenters. The van der Waals surface area contributed by atoms with Crippen LogP contribution in [0.4, 0.5) is 0 Å². The van der Waals surface area contributed by atoms with Crippen molar-refractivity contribution in [3.8, 4) is 5.75 Å². The highest BCUT2D eigenvalue weighted by molar-refractivity contribution is 5.88. The van der Waals surface area contributed by atoms with Crippen LogP contribution in [0.3, 0.4) is 0 Å². The average molecular weight is 325 g/mol. The maximum atomic E-state index is 10.9. The van der Waals surface area contributed by atoms with Gasteiger partial charge in [-0.2, -0.15) is 0 Å². The van der Waals surface area contributed by atoms with Crippen molar-refractivity contribution in [2.24, 2.45) is 5.73 Å². The highest BCUT2D eigenvalue weighted by Gasteiger charge is 2.09. The Kier molecular flexibility index (Phi) is 7.66. The summed E-state index contributed by atoms with van der Waals surface area (Å²) in [7, 11) is 1.67. The van der Waals surface area contributed by atoms with E-state index >= 15 is 0 Å². The van der Waals surface area contributed by atoms with E-state index in [1.54, 1.807) is 7.11 Å². The van der Waals surface area contributed by atoms with Crippen LogP contribution in [-0.4, -0.2) is 32.8 Å². The number of benzene rings is 2. The molecular formula is C16H21ClN2O3. The molecule has 5 nitrogen and oxygen atoms in total. The van der Waals surface area contributed by atoms with Crippen molar-refractivity contribution in [2.75, 3.05) is 26.9 Å². The van der Waals surface area contributed by atoms with Crippen molar-refractivity contribution in [1.29, 1.82) is 0 Å². The van der Waals surface area contributed by atoms with E-state index in [0.29, 0.717) is 18.9 Å². The minimum Gasteiger partial charge on any atom is -0.483 e. The number of hydrogen-bond acceptors (Lipinski definition) is 4.